The molecule has 1 aliphatic heterocycles. The fourth-order valence-electron chi connectivity index (χ4n) is 2.82. The van der Waals surface area contributed by atoms with Crippen molar-refractivity contribution in [2.75, 3.05) is 19.6 Å². The smallest absolute Gasteiger partial charge is 0.224 e. The van der Waals surface area contributed by atoms with E-state index in [1.807, 2.05) is 0 Å². The number of aryl methyl sites for hydroxylation is 1. The number of rotatable bonds is 5. The zero-order valence-electron chi connectivity index (χ0n) is 13.5. The van der Waals surface area contributed by atoms with E-state index in [-0.39, 0.29) is 17.2 Å². The van der Waals surface area contributed by atoms with E-state index in [1.165, 1.54) is 11.1 Å². The lowest BCUT2D eigenvalue weighted by molar-refractivity contribution is -0.125. The first-order chi connectivity index (χ1) is 10.0. The zero-order valence-corrected chi connectivity index (χ0v) is 13.5. The first kappa shape index (κ1) is 16.0. The number of hydrogen-bond donors (Lipinski definition) is 2. The summed E-state index contributed by atoms with van der Waals surface area (Å²) in [6.07, 6.45) is 3.16. The summed E-state index contributed by atoms with van der Waals surface area (Å²) < 4.78 is 0. The van der Waals surface area contributed by atoms with Crippen LogP contribution in [0.25, 0.3) is 0 Å². The zero-order chi connectivity index (χ0) is 15.3. The molecule has 2 rings (SSSR count). The van der Waals surface area contributed by atoms with Crippen molar-refractivity contribution in [2.24, 2.45) is 5.92 Å². The Morgan fingerprint density at radius 3 is 2.62 bits per heavy atom. The first-order valence-corrected chi connectivity index (χ1v) is 8.11. The molecule has 0 saturated carbocycles. The first-order valence-electron chi connectivity index (χ1n) is 8.11. The lowest BCUT2D eigenvalue weighted by Gasteiger charge is -2.28. The third-order valence-electron chi connectivity index (χ3n) is 4.52. The molecule has 1 saturated heterocycles. The van der Waals surface area contributed by atoms with Crippen molar-refractivity contribution in [3.63, 3.8) is 0 Å². The molecule has 1 unspecified atom stereocenters. The molecule has 3 heteroatoms. The third-order valence-corrected chi connectivity index (χ3v) is 4.52. The quantitative estimate of drug-likeness (QED) is 0.874. The number of benzene rings is 1. The molecular weight excluding hydrogens is 260 g/mol. The van der Waals surface area contributed by atoms with Crippen LogP contribution in [0.1, 0.15) is 44.7 Å². The normalized spacial score (nSPS) is 19.3. The van der Waals surface area contributed by atoms with Crippen molar-refractivity contribution in [2.45, 2.75) is 45.4 Å². The Morgan fingerprint density at radius 1 is 1.33 bits per heavy atom. The van der Waals surface area contributed by atoms with Crippen LogP contribution in [-0.2, 0) is 16.6 Å². The van der Waals surface area contributed by atoms with Crippen LogP contribution in [0.2, 0.25) is 0 Å². The highest BCUT2D eigenvalue weighted by Gasteiger charge is 2.25. The fourth-order valence-corrected chi connectivity index (χ4v) is 2.82. The minimum absolute atomic E-state index is 0.0377. The Balaban J connectivity index is 1.91. The summed E-state index contributed by atoms with van der Waals surface area (Å²) in [5.41, 5.74) is 2.60. The fraction of sp³-hybridized carbons (Fsp3) is 0.611. The highest BCUT2D eigenvalue weighted by Crippen LogP contribution is 2.23. The monoisotopic (exact) mass is 288 g/mol. The van der Waals surface area contributed by atoms with Gasteiger partial charge in [0.1, 0.15) is 0 Å². The molecule has 1 aliphatic rings. The molecule has 0 aromatic heterocycles. The van der Waals surface area contributed by atoms with Gasteiger partial charge in [0.05, 0.1) is 5.92 Å². The van der Waals surface area contributed by atoms with Crippen molar-refractivity contribution in [1.82, 2.24) is 10.6 Å². The van der Waals surface area contributed by atoms with Crippen molar-refractivity contribution in [3.8, 4) is 0 Å². The predicted molar refractivity (Wildman–Crippen MR) is 87.4 cm³/mol. The van der Waals surface area contributed by atoms with E-state index in [0.717, 1.165) is 32.4 Å². The van der Waals surface area contributed by atoms with Crippen LogP contribution < -0.4 is 10.6 Å². The van der Waals surface area contributed by atoms with Crippen molar-refractivity contribution < 1.29 is 4.79 Å². The Morgan fingerprint density at radius 2 is 2.05 bits per heavy atom. The van der Waals surface area contributed by atoms with Crippen molar-refractivity contribution in [3.05, 3.63) is 35.4 Å². The molecule has 0 spiro atoms. The molecule has 1 fully saturated rings. The number of nitrogens with one attached hydrogen (secondary N) is 2. The molecular formula is C18H28N2O. The van der Waals surface area contributed by atoms with Gasteiger partial charge in [0, 0.05) is 18.5 Å². The maximum absolute atomic E-state index is 12.2. The van der Waals surface area contributed by atoms with E-state index in [2.05, 4.69) is 55.7 Å². The van der Waals surface area contributed by atoms with Gasteiger partial charge in [0.25, 0.3) is 0 Å². The van der Waals surface area contributed by atoms with E-state index in [0.29, 0.717) is 6.54 Å². The average molecular weight is 288 g/mol. The Labute approximate surface area is 128 Å². The summed E-state index contributed by atoms with van der Waals surface area (Å²) in [4.78, 5) is 12.2. The van der Waals surface area contributed by atoms with Crippen molar-refractivity contribution in [1.29, 1.82) is 0 Å². The largest absolute Gasteiger partial charge is 0.355 e. The molecule has 2 N–H and O–H groups in total. The molecule has 1 heterocycles. The van der Waals surface area contributed by atoms with Crippen molar-refractivity contribution >= 4 is 5.91 Å². The Kier molecular flexibility index (Phi) is 5.40. The number of piperidine rings is 1. The molecule has 1 aromatic rings. The molecule has 21 heavy (non-hydrogen) atoms. The van der Waals surface area contributed by atoms with Crippen LogP contribution in [0.5, 0.6) is 0 Å². The second-order valence-electron chi connectivity index (χ2n) is 6.70. The molecule has 3 nitrogen and oxygen atoms in total. The summed E-state index contributed by atoms with van der Waals surface area (Å²) in [6, 6.07) is 8.74. The number of amides is 1. The van der Waals surface area contributed by atoms with Crippen LogP contribution in [-0.4, -0.2) is 25.5 Å². The van der Waals surface area contributed by atoms with Gasteiger partial charge in [-0.25, -0.2) is 0 Å². The minimum Gasteiger partial charge on any atom is -0.355 e. The standard InChI is InChI=1S/C18H28N2O/c1-4-14-7-9-16(10-8-14)18(2,3)13-20-17(21)15-6-5-11-19-12-15/h7-10,15,19H,4-6,11-13H2,1-3H3,(H,20,21). The third kappa shape index (κ3) is 4.31. The summed E-state index contributed by atoms with van der Waals surface area (Å²) in [7, 11) is 0. The van der Waals surface area contributed by atoms with E-state index < -0.39 is 0 Å². The molecule has 1 amide bonds. The van der Waals surface area contributed by atoms with Gasteiger partial charge in [-0.15, -0.1) is 0 Å². The van der Waals surface area contributed by atoms with Gasteiger partial charge < -0.3 is 10.6 Å². The Hall–Kier alpha value is -1.35. The number of hydrogen-bond acceptors (Lipinski definition) is 2. The molecule has 1 aromatic carbocycles. The van der Waals surface area contributed by atoms with Gasteiger partial charge >= 0.3 is 0 Å². The van der Waals surface area contributed by atoms with E-state index in [1.54, 1.807) is 0 Å². The lowest BCUT2D eigenvalue weighted by Crippen LogP contribution is -2.44. The van der Waals surface area contributed by atoms with Gasteiger partial charge in [-0.1, -0.05) is 45.0 Å². The molecule has 116 valence electrons. The van der Waals surface area contributed by atoms with Crippen LogP contribution in [0.15, 0.2) is 24.3 Å². The van der Waals surface area contributed by atoms with Gasteiger partial charge in [-0.3, -0.25) is 4.79 Å². The molecule has 0 aliphatic carbocycles. The molecule has 0 radical (unpaired) electrons. The summed E-state index contributed by atoms with van der Waals surface area (Å²) in [5.74, 6) is 0.331. The second-order valence-corrected chi connectivity index (χ2v) is 6.70. The minimum atomic E-state index is -0.0377. The summed E-state index contributed by atoms with van der Waals surface area (Å²) >= 11 is 0. The van der Waals surface area contributed by atoms with Crippen LogP contribution in [0.3, 0.4) is 0 Å². The highest BCUT2D eigenvalue weighted by molar-refractivity contribution is 5.79. The SMILES string of the molecule is CCc1ccc(C(C)(C)CNC(=O)C2CCCNC2)cc1. The Bertz CT molecular complexity index is 459. The lowest BCUT2D eigenvalue weighted by atomic mass is 9.84. The highest BCUT2D eigenvalue weighted by atomic mass is 16.1. The van der Waals surface area contributed by atoms with Gasteiger partial charge in [-0.05, 0) is 36.9 Å². The summed E-state index contributed by atoms with van der Waals surface area (Å²) in [6.45, 7) is 9.09. The second kappa shape index (κ2) is 7.08. The predicted octanol–water partition coefficient (Wildman–Crippen LogP) is 2.64. The molecule has 0 bridgehead atoms. The maximum atomic E-state index is 12.2. The van der Waals surface area contributed by atoms with Gasteiger partial charge in [-0.2, -0.15) is 0 Å². The van der Waals surface area contributed by atoms with Gasteiger partial charge in [0.2, 0.25) is 5.91 Å². The number of carbonyl (C=O) groups is 1. The van der Waals surface area contributed by atoms with Gasteiger partial charge in [0.15, 0.2) is 0 Å². The number of carbonyl (C=O) groups excluding carboxylic acids is 1. The maximum Gasteiger partial charge on any atom is 0.224 e. The topological polar surface area (TPSA) is 41.1 Å². The molecule has 1 atom stereocenters. The van der Waals surface area contributed by atoms with E-state index in [4.69, 9.17) is 0 Å². The van der Waals surface area contributed by atoms with Crippen LogP contribution >= 0.6 is 0 Å². The average Bonchev–Trinajstić information content (AvgIpc) is 2.53. The summed E-state index contributed by atoms with van der Waals surface area (Å²) in [5, 5.41) is 6.44. The van der Waals surface area contributed by atoms with Crippen LogP contribution in [0, 0.1) is 5.92 Å². The van der Waals surface area contributed by atoms with Crippen LogP contribution in [0.4, 0.5) is 0 Å². The van der Waals surface area contributed by atoms with E-state index >= 15 is 0 Å². The van der Waals surface area contributed by atoms with E-state index in [9.17, 15) is 4.79 Å².